The highest BCUT2D eigenvalue weighted by atomic mass is 32.2. The van der Waals surface area contributed by atoms with Gasteiger partial charge in [0.15, 0.2) is 0 Å². The molecule has 16 heavy (non-hydrogen) atoms. The quantitative estimate of drug-likeness (QED) is 0.603. The number of benzene rings is 1. The van der Waals surface area contributed by atoms with Crippen LogP contribution in [-0.2, 0) is 14.3 Å². The maximum Gasteiger partial charge on any atom is 0.298 e. The molecule has 0 heterocycles. The van der Waals surface area contributed by atoms with Crippen LogP contribution >= 0.6 is 11.8 Å². The molecule has 0 aromatic heterocycles. The SMILES string of the molecule is CCSc1ccccc1S(=O)(=O)OC(C)C. The van der Waals surface area contributed by atoms with Crippen LogP contribution in [0.3, 0.4) is 0 Å². The van der Waals surface area contributed by atoms with Gasteiger partial charge in [0.2, 0.25) is 0 Å². The van der Waals surface area contributed by atoms with Crippen molar-refractivity contribution in [2.75, 3.05) is 5.75 Å². The average molecular weight is 260 g/mol. The highest BCUT2D eigenvalue weighted by Gasteiger charge is 2.20. The third-order valence-electron chi connectivity index (χ3n) is 1.74. The summed E-state index contributed by atoms with van der Waals surface area (Å²) in [6.45, 7) is 5.39. The molecule has 0 saturated carbocycles. The van der Waals surface area contributed by atoms with Crippen molar-refractivity contribution in [3.05, 3.63) is 24.3 Å². The second-order valence-corrected chi connectivity index (χ2v) is 6.33. The van der Waals surface area contributed by atoms with E-state index in [0.717, 1.165) is 10.6 Å². The second kappa shape index (κ2) is 5.70. The van der Waals surface area contributed by atoms with Crippen LogP contribution in [-0.4, -0.2) is 20.3 Å². The third kappa shape index (κ3) is 3.50. The van der Waals surface area contributed by atoms with Gasteiger partial charge in [0.25, 0.3) is 10.1 Å². The summed E-state index contributed by atoms with van der Waals surface area (Å²) in [7, 11) is -3.63. The highest BCUT2D eigenvalue weighted by Crippen LogP contribution is 2.27. The van der Waals surface area contributed by atoms with Gasteiger partial charge in [-0.2, -0.15) is 8.42 Å². The Bertz CT molecular complexity index is 438. The lowest BCUT2D eigenvalue weighted by molar-refractivity contribution is 0.248. The van der Waals surface area contributed by atoms with E-state index in [2.05, 4.69) is 0 Å². The number of hydrogen-bond donors (Lipinski definition) is 0. The van der Waals surface area contributed by atoms with Gasteiger partial charge in [0.1, 0.15) is 4.90 Å². The molecule has 5 heteroatoms. The zero-order valence-electron chi connectivity index (χ0n) is 9.64. The molecule has 0 atom stereocenters. The smallest absolute Gasteiger partial charge is 0.264 e. The number of thioether (sulfide) groups is 1. The zero-order valence-corrected chi connectivity index (χ0v) is 11.3. The van der Waals surface area contributed by atoms with E-state index in [9.17, 15) is 8.42 Å². The van der Waals surface area contributed by atoms with Crippen LogP contribution < -0.4 is 0 Å². The Hall–Kier alpha value is -0.520. The van der Waals surface area contributed by atoms with Gasteiger partial charge in [-0.05, 0) is 31.7 Å². The van der Waals surface area contributed by atoms with Crippen LogP contribution in [0.2, 0.25) is 0 Å². The standard InChI is InChI=1S/C11H16O3S2/c1-4-15-10-7-5-6-8-11(10)16(12,13)14-9(2)3/h5-9H,4H2,1-3H3. The van der Waals surface area contributed by atoms with Crippen molar-refractivity contribution >= 4 is 21.9 Å². The normalized spacial score (nSPS) is 12.0. The van der Waals surface area contributed by atoms with Gasteiger partial charge < -0.3 is 0 Å². The predicted octanol–water partition coefficient (Wildman–Crippen LogP) is 2.91. The molecule has 0 amide bonds. The molecular weight excluding hydrogens is 244 g/mol. The largest absolute Gasteiger partial charge is 0.298 e. The van der Waals surface area contributed by atoms with Crippen LogP contribution in [0.4, 0.5) is 0 Å². The van der Waals surface area contributed by atoms with Gasteiger partial charge in [-0.15, -0.1) is 11.8 Å². The van der Waals surface area contributed by atoms with Gasteiger partial charge in [0, 0.05) is 4.90 Å². The Morgan fingerprint density at radius 2 is 1.94 bits per heavy atom. The Kier molecular flexibility index (Phi) is 4.83. The topological polar surface area (TPSA) is 43.4 Å². The van der Waals surface area contributed by atoms with Crippen LogP contribution in [0.5, 0.6) is 0 Å². The minimum absolute atomic E-state index is 0.260. The van der Waals surface area contributed by atoms with E-state index in [4.69, 9.17) is 4.18 Å². The van der Waals surface area contributed by atoms with Crippen LogP contribution in [0.15, 0.2) is 34.1 Å². The first-order valence-electron chi connectivity index (χ1n) is 5.12. The molecule has 90 valence electrons. The second-order valence-electron chi connectivity index (χ2n) is 3.48. The van der Waals surface area contributed by atoms with E-state index in [1.54, 1.807) is 32.0 Å². The first-order valence-corrected chi connectivity index (χ1v) is 7.52. The number of hydrogen-bond acceptors (Lipinski definition) is 4. The molecule has 0 spiro atoms. The Balaban J connectivity index is 3.11. The molecule has 0 aliphatic rings. The van der Waals surface area contributed by atoms with Crippen LogP contribution in [0.25, 0.3) is 0 Å². The molecule has 0 aliphatic heterocycles. The van der Waals surface area contributed by atoms with Gasteiger partial charge in [-0.25, -0.2) is 0 Å². The van der Waals surface area contributed by atoms with E-state index in [0.29, 0.717) is 0 Å². The molecule has 1 aromatic carbocycles. The van der Waals surface area contributed by atoms with E-state index >= 15 is 0 Å². The van der Waals surface area contributed by atoms with Crippen LogP contribution in [0, 0.1) is 0 Å². The first-order chi connectivity index (χ1) is 7.47. The lowest BCUT2D eigenvalue weighted by Gasteiger charge is -2.11. The fourth-order valence-electron chi connectivity index (χ4n) is 1.24. The molecule has 1 aromatic rings. The molecule has 1 rings (SSSR count). The van der Waals surface area contributed by atoms with Crippen molar-refractivity contribution in [3.8, 4) is 0 Å². The summed E-state index contributed by atoms with van der Waals surface area (Å²) < 4.78 is 28.8. The lowest BCUT2D eigenvalue weighted by Crippen LogP contribution is -2.13. The fourth-order valence-corrected chi connectivity index (χ4v) is 3.59. The maximum absolute atomic E-state index is 11.9. The van der Waals surface area contributed by atoms with Gasteiger partial charge in [-0.1, -0.05) is 19.1 Å². The minimum Gasteiger partial charge on any atom is -0.264 e. The summed E-state index contributed by atoms with van der Waals surface area (Å²) in [6, 6.07) is 6.91. The van der Waals surface area contributed by atoms with E-state index < -0.39 is 10.1 Å². The molecular formula is C11H16O3S2. The van der Waals surface area contributed by atoms with Crippen LogP contribution in [0.1, 0.15) is 20.8 Å². The molecule has 0 saturated heterocycles. The summed E-state index contributed by atoms with van der Waals surface area (Å²) in [5.74, 6) is 0.828. The molecule has 0 fully saturated rings. The van der Waals surface area contributed by atoms with E-state index in [-0.39, 0.29) is 11.0 Å². The van der Waals surface area contributed by atoms with Gasteiger partial charge in [-0.3, -0.25) is 4.18 Å². The van der Waals surface area contributed by atoms with Gasteiger partial charge in [0.05, 0.1) is 6.10 Å². The zero-order chi connectivity index (χ0) is 12.2. The summed E-state index contributed by atoms with van der Waals surface area (Å²) in [6.07, 6.45) is -0.343. The lowest BCUT2D eigenvalue weighted by atomic mass is 10.4. The first kappa shape index (κ1) is 13.5. The third-order valence-corrected chi connectivity index (χ3v) is 4.36. The van der Waals surface area contributed by atoms with Crippen molar-refractivity contribution < 1.29 is 12.6 Å². The van der Waals surface area contributed by atoms with Crippen molar-refractivity contribution in [1.82, 2.24) is 0 Å². The monoisotopic (exact) mass is 260 g/mol. The predicted molar refractivity (Wildman–Crippen MR) is 66.2 cm³/mol. The maximum atomic E-state index is 11.9. The van der Waals surface area contributed by atoms with Crippen molar-refractivity contribution in [3.63, 3.8) is 0 Å². The molecule has 0 bridgehead atoms. The molecule has 0 N–H and O–H groups in total. The minimum atomic E-state index is -3.63. The Labute approximate surface area is 101 Å². The Morgan fingerprint density at radius 3 is 2.50 bits per heavy atom. The van der Waals surface area contributed by atoms with E-state index in [1.165, 1.54) is 11.8 Å². The molecule has 0 unspecified atom stereocenters. The van der Waals surface area contributed by atoms with E-state index in [1.807, 2.05) is 13.0 Å². The van der Waals surface area contributed by atoms with Crippen molar-refractivity contribution in [2.45, 2.75) is 36.7 Å². The molecule has 0 radical (unpaired) electrons. The summed E-state index contributed by atoms with van der Waals surface area (Å²) in [5.41, 5.74) is 0. The molecule has 3 nitrogen and oxygen atoms in total. The Morgan fingerprint density at radius 1 is 1.31 bits per heavy atom. The summed E-state index contributed by atoms with van der Waals surface area (Å²) >= 11 is 1.50. The summed E-state index contributed by atoms with van der Waals surface area (Å²) in [5, 5.41) is 0. The van der Waals surface area contributed by atoms with Crippen molar-refractivity contribution in [1.29, 1.82) is 0 Å². The highest BCUT2D eigenvalue weighted by molar-refractivity contribution is 8.00. The number of rotatable bonds is 5. The van der Waals surface area contributed by atoms with Gasteiger partial charge >= 0.3 is 0 Å². The average Bonchev–Trinajstić information content (AvgIpc) is 2.17. The fraction of sp³-hybridized carbons (Fsp3) is 0.455. The molecule has 0 aliphatic carbocycles. The van der Waals surface area contributed by atoms with Crippen molar-refractivity contribution in [2.24, 2.45) is 0 Å². The summed E-state index contributed by atoms with van der Waals surface area (Å²) in [4.78, 5) is 1.00.